The minimum absolute atomic E-state index is 0.0728. The predicted molar refractivity (Wildman–Crippen MR) is 142 cm³/mol. The van der Waals surface area contributed by atoms with Gasteiger partial charge in [0.25, 0.3) is 5.24 Å². The van der Waals surface area contributed by atoms with Gasteiger partial charge in [0, 0.05) is 31.2 Å². The molecule has 0 saturated carbocycles. The molecule has 2 saturated heterocycles. The molecule has 194 valence electrons. The second-order valence-electron chi connectivity index (χ2n) is 10.2. The average Bonchev–Trinajstić information content (AvgIpc) is 3.20. The summed E-state index contributed by atoms with van der Waals surface area (Å²) in [6.07, 6.45) is 13.2. The van der Waals surface area contributed by atoms with E-state index in [9.17, 15) is 14.7 Å². The molecule has 3 aliphatic heterocycles. The number of hydrogen-bond acceptors (Lipinski definition) is 6. The molecule has 0 spiro atoms. The fraction of sp³-hybridized carbons (Fsp3) is 0.517. The van der Waals surface area contributed by atoms with Crippen LogP contribution in [0.1, 0.15) is 57.9 Å². The highest BCUT2D eigenvalue weighted by atomic mass is 32.2. The molecule has 1 amide bonds. The molecule has 1 aromatic rings. The molecule has 1 N–H and O–H groups in total. The average molecular weight is 512 g/mol. The van der Waals surface area contributed by atoms with Gasteiger partial charge in [-0.25, -0.2) is 4.79 Å². The number of carbonyl (C=O) groups excluding carboxylic acids is 2. The fourth-order valence-electron chi connectivity index (χ4n) is 5.10. The van der Waals surface area contributed by atoms with Crippen molar-refractivity contribution < 1.29 is 24.2 Å². The maximum absolute atomic E-state index is 12.8. The van der Waals surface area contributed by atoms with E-state index in [1.165, 1.54) is 11.8 Å². The first kappa shape index (κ1) is 26.7. The molecular weight excluding hydrogens is 474 g/mol. The molecule has 36 heavy (non-hydrogen) atoms. The predicted octanol–water partition coefficient (Wildman–Crippen LogP) is 5.77. The third kappa shape index (κ3) is 7.11. The maximum Gasteiger partial charge on any atom is 0.330 e. The van der Waals surface area contributed by atoms with Crippen molar-refractivity contribution in [2.75, 3.05) is 5.75 Å². The van der Waals surface area contributed by atoms with E-state index in [2.05, 4.69) is 31.2 Å². The molecule has 5 atom stereocenters. The Hall–Kier alpha value is -2.35. The molecule has 2 bridgehead atoms. The second-order valence-corrected chi connectivity index (χ2v) is 11.2. The van der Waals surface area contributed by atoms with E-state index in [1.807, 2.05) is 37.3 Å². The molecule has 7 heteroatoms. The Balaban J connectivity index is 1.56. The zero-order valence-corrected chi connectivity index (χ0v) is 22.0. The topological polar surface area (TPSA) is 76.1 Å². The Labute approximate surface area is 218 Å². The molecule has 0 unspecified atom stereocenters. The summed E-state index contributed by atoms with van der Waals surface area (Å²) in [7, 11) is 0. The minimum atomic E-state index is -1.59. The lowest BCUT2D eigenvalue weighted by molar-refractivity contribution is -0.293. The summed E-state index contributed by atoms with van der Waals surface area (Å²) in [5.41, 5.74) is 1.95. The second kappa shape index (κ2) is 12.3. The van der Waals surface area contributed by atoms with Crippen LogP contribution in [0.3, 0.4) is 0 Å². The van der Waals surface area contributed by atoms with Crippen molar-refractivity contribution in [3.63, 3.8) is 0 Å². The van der Waals surface area contributed by atoms with Gasteiger partial charge in [-0.2, -0.15) is 0 Å². The highest BCUT2D eigenvalue weighted by Crippen LogP contribution is 2.41. The molecule has 0 aromatic heterocycles. The number of thioether (sulfide) groups is 1. The van der Waals surface area contributed by atoms with Crippen LogP contribution in [-0.2, 0) is 20.8 Å². The van der Waals surface area contributed by atoms with E-state index in [4.69, 9.17) is 9.47 Å². The van der Waals surface area contributed by atoms with Gasteiger partial charge in [-0.1, -0.05) is 78.9 Å². The zero-order chi connectivity index (χ0) is 25.5. The largest absolute Gasteiger partial charge is 0.459 e. The number of aliphatic hydroxyl groups is 1. The van der Waals surface area contributed by atoms with Gasteiger partial charge in [0.2, 0.25) is 0 Å². The Bertz CT molecular complexity index is 1010. The van der Waals surface area contributed by atoms with Crippen LogP contribution in [-0.4, -0.2) is 51.0 Å². The van der Waals surface area contributed by atoms with Crippen LogP contribution in [0.2, 0.25) is 0 Å². The van der Waals surface area contributed by atoms with Gasteiger partial charge in [-0.3, -0.25) is 4.79 Å². The van der Waals surface area contributed by atoms with E-state index in [0.29, 0.717) is 24.6 Å². The number of nitrogens with zero attached hydrogens (tertiary/aromatic N) is 1. The third-order valence-corrected chi connectivity index (χ3v) is 8.06. The molecule has 6 nitrogen and oxygen atoms in total. The van der Waals surface area contributed by atoms with Crippen LogP contribution >= 0.6 is 11.8 Å². The Morgan fingerprint density at radius 3 is 2.75 bits per heavy atom. The molecule has 0 radical (unpaired) electrons. The Morgan fingerprint density at radius 1 is 1.14 bits per heavy atom. The van der Waals surface area contributed by atoms with Gasteiger partial charge in [0.05, 0.1) is 12.1 Å². The van der Waals surface area contributed by atoms with E-state index in [1.54, 1.807) is 11.0 Å². The van der Waals surface area contributed by atoms with Crippen LogP contribution in [0.4, 0.5) is 4.79 Å². The standard InChI is InChI=1S/C29H37NO5S/c1-21-10-6-3-4-7-11-22(2)16-27(31)34-25-17-24(15-14-21)35-29(33,18-25)26-20-36-28(32)30(26)19-23-12-8-5-9-13-23/h3-6,8-10,12-13,16,21,24-26,33H,7,11,14-15,17-20H2,1-2H3/b4-3+,10-6-,22-16-/t21-,24-,25-,26+,29-/m1/s1. The lowest BCUT2D eigenvalue weighted by atomic mass is 9.89. The lowest BCUT2D eigenvalue weighted by Crippen LogP contribution is -2.59. The first-order valence-electron chi connectivity index (χ1n) is 12.9. The number of esters is 1. The van der Waals surface area contributed by atoms with E-state index in [-0.39, 0.29) is 23.7 Å². The summed E-state index contributed by atoms with van der Waals surface area (Å²) in [5.74, 6) is -1.20. The van der Waals surface area contributed by atoms with Gasteiger partial charge in [-0.15, -0.1) is 0 Å². The first-order chi connectivity index (χ1) is 17.3. The van der Waals surface area contributed by atoms with Crippen LogP contribution in [0, 0.1) is 5.92 Å². The van der Waals surface area contributed by atoms with Crippen molar-refractivity contribution >= 4 is 23.0 Å². The first-order valence-corrected chi connectivity index (χ1v) is 13.9. The fourth-order valence-corrected chi connectivity index (χ4v) is 6.20. The molecule has 1 aromatic carbocycles. The number of hydrogen-bond donors (Lipinski definition) is 1. The quantitative estimate of drug-likeness (QED) is 0.519. The van der Waals surface area contributed by atoms with E-state index >= 15 is 0 Å². The molecule has 4 rings (SSSR count). The number of allylic oxidation sites excluding steroid dienone is 5. The van der Waals surface area contributed by atoms with Gasteiger partial charge in [0.15, 0.2) is 5.79 Å². The van der Waals surface area contributed by atoms with E-state index < -0.39 is 17.9 Å². The monoisotopic (exact) mass is 511 g/mol. The van der Waals surface area contributed by atoms with Gasteiger partial charge >= 0.3 is 5.97 Å². The lowest BCUT2D eigenvalue weighted by Gasteiger charge is -2.46. The van der Waals surface area contributed by atoms with Crippen LogP contribution in [0.5, 0.6) is 0 Å². The Morgan fingerprint density at radius 2 is 1.94 bits per heavy atom. The summed E-state index contributed by atoms with van der Waals surface area (Å²) < 4.78 is 12.2. The van der Waals surface area contributed by atoms with Crippen molar-refractivity contribution in [1.82, 2.24) is 4.90 Å². The van der Waals surface area contributed by atoms with Crippen molar-refractivity contribution in [1.29, 1.82) is 0 Å². The van der Waals surface area contributed by atoms with E-state index in [0.717, 1.165) is 36.8 Å². The number of amides is 1. The van der Waals surface area contributed by atoms with Crippen LogP contribution in [0.25, 0.3) is 0 Å². The number of ether oxygens (including phenoxy) is 2. The summed E-state index contributed by atoms with van der Waals surface area (Å²) in [6.45, 7) is 4.50. The zero-order valence-electron chi connectivity index (χ0n) is 21.2. The van der Waals surface area contributed by atoms with Crippen molar-refractivity contribution in [2.24, 2.45) is 5.92 Å². The summed E-state index contributed by atoms with van der Waals surface area (Å²) in [6, 6.07) is 9.24. The van der Waals surface area contributed by atoms with Crippen LogP contribution < -0.4 is 0 Å². The van der Waals surface area contributed by atoms with Crippen molar-refractivity contribution in [2.45, 2.75) is 83.0 Å². The van der Waals surface area contributed by atoms with Crippen LogP contribution in [0.15, 0.2) is 66.3 Å². The smallest absolute Gasteiger partial charge is 0.330 e. The van der Waals surface area contributed by atoms with Crippen molar-refractivity contribution in [3.8, 4) is 0 Å². The highest BCUT2D eigenvalue weighted by molar-refractivity contribution is 8.13. The molecule has 3 heterocycles. The van der Waals surface area contributed by atoms with Gasteiger partial charge in [0.1, 0.15) is 6.10 Å². The summed E-state index contributed by atoms with van der Waals surface area (Å²) in [5, 5.41) is 11.8. The minimum Gasteiger partial charge on any atom is -0.459 e. The summed E-state index contributed by atoms with van der Waals surface area (Å²) in [4.78, 5) is 27.2. The Kier molecular flexibility index (Phi) is 9.09. The SMILES string of the molecule is C/C1=C/C(=O)O[C@@H]2C[C@@H](CC[C@H](C)/C=C\C=C\CC1)O[C@@](O)([C@@H]1CSC(=O)N1Cc1ccccc1)C2. The highest BCUT2D eigenvalue weighted by Gasteiger charge is 2.52. The maximum atomic E-state index is 12.8. The summed E-state index contributed by atoms with van der Waals surface area (Å²) >= 11 is 1.20. The molecule has 3 aliphatic rings. The number of benzene rings is 1. The molecule has 2 fully saturated rings. The number of fused-ring (bicyclic) bond motifs is 2. The third-order valence-electron chi connectivity index (χ3n) is 7.09. The van der Waals surface area contributed by atoms with Gasteiger partial charge in [-0.05, 0) is 44.1 Å². The molecule has 0 aliphatic carbocycles. The molecular formula is C29H37NO5S. The van der Waals surface area contributed by atoms with Crippen molar-refractivity contribution in [3.05, 3.63) is 71.8 Å². The number of carbonyl (C=O) groups is 2. The van der Waals surface area contributed by atoms with Gasteiger partial charge < -0.3 is 19.5 Å². The normalized spacial score (nSPS) is 35.5. The number of rotatable bonds is 3.